The van der Waals surface area contributed by atoms with Crippen LogP contribution in [0.15, 0.2) is 36.7 Å². The first-order valence-electron chi connectivity index (χ1n) is 5.90. The summed E-state index contributed by atoms with van der Waals surface area (Å²) in [6, 6.07) is 5.63. The van der Waals surface area contributed by atoms with Gasteiger partial charge in [-0.3, -0.25) is 9.48 Å². The van der Waals surface area contributed by atoms with Crippen molar-refractivity contribution in [1.29, 1.82) is 0 Å². The van der Waals surface area contributed by atoms with Crippen LogP contribution in [0.1, 0.15) is 16.8 Å². The molecule has 0 radical (unpaired) electrons. The Balaban J connectivity index is 1.94. The highest BCUT2D eigenvalue weighted by molar-refractivity contribution is 5.94. The van der Waals surface area contributed by atoms with Crippen molar-refractivity contribution in [3.63, 3.8) is 0 Å². The number of nitrogens with one attached hydrogen (secondary N) is 1. The zero-order valence-electron chi connectivity index (χ0n) is 10.5. The van der Waals surface area contributed by atoms with Gasteiger partial charge < -0.3 is 15.5 Å². The number of aromatic nitrogens is 2. The first-order chi connectivity index (χ1) is 9.56. The Labute approximate surface area is 114 Å². The first kappa shape index (κ1) is 13.6. The highest BCUT2D eigenvalue weighted by Crippen LogP contribution is 2.22. The van der Waals surface area contributed by atoms with Gasteiger partial charge in [-0.25, -0.2) is 4.79 Å². The third kappa shape index (κ3) is 3.35. The fraction of sp³-hybridized carbons (Fsp3) is 0.154. The Morgan fingerprint density at radius 3 is 2.75 bits per heavy atom. The zero-order valence-corrected chi connectivity index (χ0v) is 10.5. The SMILES string of the molecule is O=C(CCn1cccn1)Nc1ccc(C(=O)O)c(O)c1. The van der Waals surface area contributed by atoms with Crippen molar-refractivity contribution in [2.24, 2.45) is 0 Å². The van der Waals surface area contributed by atoms with Crippen LogP contribution in [0.4, 0.5) is 5.69 Å². The summed E-state index contributed by atoms with van der Waals surface area (Å²) >= 11 is 0. The summed E-state index contributed by atoms with van der Waals surface area (Å²) in [5.74, 6) is -1.86. The number of nitrogens with zero attached hydrogens (tertiary/aromatic N) is 2. The third-order valence-corrected chi connectivity index (χ3v) is 2.64. The molecule has 2 rings (SSSR count). The standard InChI is InChI=1S/C13H13N3O4/c17-11-8-9(2-3-10(11)13(19)20)15-12(18)4-7-16-6-1-5-14-16/h1-3,5-6,8,17H,4,7H2,(H,15,18)(H,19,20). The Morgan fingerprint density at radius 2 is 2.15 bits per heavy atom. The van der Waals surface area contributed by atoms with Gasteiger partial charge in [0.05, 0.1) is 0 Å². The lowest BCUT2D eigenvalue weighted by atomic mass is 10.2. The molecule has 0 atom stereocenters. The van der Waals surface area contributed by atoms with Gasteiger partial charge in [0.2, 0.25) is 5.91 Å². The number of hydrogen-bond donors (Lipinski definition) is 3. The summed E-state index contributed by atoms with van der Waals surface area (Å²) in [6.07, 6.45) is 3.60. The van der Waals surface area contributed by atoms with Crippen LogP contribution in [0.3, 0.4) is 0 Å². The summed E-state index contributed by atoms with van der Waals surface area (Å²) < 4.78 is 1.63. The number of phenols is 1. The smallest absolute Gasteiger partial charge is 0.339 e. The number of aromatic carboxylic acids is 1. The Morgan fingerprint density at radius 1 is 1.35 bits per heavy atom. The number of aryl methyl sites for hydroxylation is 1. The van der Waals surface area contributed by atoms with Crippen LogP contribution >= 0.6 is 0 Å². The highest BCUT2D eigenvalue weighted by atomic mass is 16.4. The normalized spacial score (nSPS) is 10.2. The van der Waals surface area contributed by atoms with Crippen LogP contribution < -0.4 is 5.32 Å². The molecule has 104 valence electrons. The fourth-order valence-electron chi connectivity index (χ4n) is 1.66. The number of amides is 1. The molecule has 7 heteroatoms. The van der Waals surface area contributed by atoms with E-state index in [0.29, 0.717) is 12.2 Å². The molecular formula is C13H13N3O4. The lowest BCUT2D eigenvalue weighted by molar-refractivity contribution is -0.116. The maximum atomic E-state index is 11.7. The van der Waals surface area contributed by atoms with E-state index >= 15 is 0 Å². The van der Waals surface area contributed by atoms with E-state index in [4.69, 9.17) is 5.11 Å². The second-order valence-electron chi connectivity index (χ2n) is 4.10. The van der Waals surface area contributed by atoms with Gasteiger partial charge in [0.15, 0.2) is 0 Å². The number of carboxylic acid groups (broad SMARTS) is 1. The third-order valence-electron chi connectivity index (χ3n) is 2.64. The largest absolute Gasteiger partial charge is 0.507 e. The van der Waals surface area contributed by atoms with E-state index in [1.165, 1.54) is 18.2 Å². The van der Waals surface area contributed by atoms with Gasteiger partial charge in [-0.05, 0) is 18.2 Å². The number of carbonyl (C=O) groups excluding carboxylic acids is 1. The van der Waals surface area contributed by atoms with Gasteiger partial charge in [-0.2, -0.15) is 5.10 Å². The summed E-state index contributed by atoms with van der Waals surface area (Å²) in [7, 11) is 0. The predicted octanol–water partition coefficient (Wildman–Crippen LogP) is 1.32. The molecule has 2 aromatic rings. The van der Waals surface area contributed by atoms with Gasteiger partial charge >= 0.3 is 5.97 Å². The molecule has 0 bridgehead atoms. The lowest BCUT2D eigenvalue weighted by Gasteiger charge is -2.07. The molecule has 1 heterocycles. The molecule has 3 N–H and O–H groups in total. The van der Waals surface area contributed by atoms with Gasteiger partial charge in [-0.1, -0.05) is 0 Å². The van der Waals surface area contributed by atoms with Crippen LogP contribution in [0, 0.1) is 0 Å². The highest BCUT2D eigenvalue weighted by Gasteiger charge is 2.10. The molecule has 0 saturated heterocycles. The molecule has 1 aromatic heterocycles. The Kier molecular flexibility index (Phi) is 3.99. The van der Waals surface area contributed by atoms with Crippen LogP contribution in [0.2, 0.25) is 0 Å². The molecule has 0 unspecified atom stereocenters. The van der Waals surface area contributed by atoms with Crippen molar-refractivity contribution >= 4 is 17.6 Å². The van der Waals surface area contributed by atoms with Crippen molar-refractivity contribution in [3.8, 4) is 5.75 Å². The number of carboxylic acids is 1. The van der Waals surface area contributed by atoms with E-state index in [0.717, 1.165) is 0 Å². The summed E-state index contributed by atoms with van der Waals surface area (Å²) in [4.78, 5) is 22.4. The minimum absolute atomic E-state index is 0.209. The molecule has 0 fully saturated rings. The molecular weight excluding hydrogens is 262 g/mol. The van der Waals surface area contributed by atoms with Crippen LogP contribution in [-0.2, 0) is 11.3 Å². The molecule has 20 heavy (non-hydrogen) atoms. The molecule has 0 saturated carbocycles. The molecule has 7 nitrogen and oxygen atoms in total. The van der Waals surface area contributed by atoms with E-state index in [1.807, 2.05) is 0 Å². The summed E-state index contributed by atoms with van der Waals surface area (Å²) in [5, 5.41) is 24.8. The fourth-order valence-corrected chi connectivity index (χ4v) is 1.66. The maximum Gasteiger partial charge on any atom is 0.339 e. The number of aromatic hydroxyl groups is 1. The molecule has 0 aliphatic rings. The van der Waals surface area contributed by atoms with E-state index in [-0.39, 0.29) is 23.6 Å². The van der Waals surface area contributed by atoms with Gasteiger partial charge in [0.25, 0.3) is 0 Å². The first-order valence-corrected chi connectivity index (χ1v) is 5.90. The minimum atomic E-state index is -1.22. The van der Waals surface area contributed by atoms with Crippen LogP contribution in [0.5, 0.6) is 5.75 Å². The van der Waals surface area contributed by atoms with Crippen molar-refractivity contribution in [3.05, 3.63) is 42.2 Å². The molecule has 0 aliphatic carbocycles. The van der Waals surface area contributed by atoms with Crippen molar-refractivity contribution in [2.75, 3.05) is 5.32 Å². The van der Waals surface area contributed by atoms with E-state index in [9.17, 15) is 14.7 Å². The average molecular weight is 275 g/mol. The molecule has 0 spiro atoms. The van der Waals surface area contributed by atoms with E-state index in [1.54, 1.807) is 23.1 Å². The van der Waals surface area contributed by atoms with Crippen molar-refractivity contribution in [2.45, 2.75) is 13.0 Å². The number of rotatable bonds is 5. The van der Waals surface area contributed by atoms with Crippen LogP contribution in [0.25, 0.3) is 0 Å². The lowest BCUT2D eigenvalue weighted by Crippen LogP contribution is -2.14. The van der Waals surface area contributed by atoms with Gasteiger partial charge in [-0.15, -0.1) is 0 Å². The second-order valence-corrected chi connectivity index (χ2v) is 4.10. The average Bonchev–Trinajstić information content (AvgIpc) is 2.89. The summed E-state index contributed by atoms with van der Waals surface area (Å²) in [6.45, 7) is 0.442. The van der Waals surface area contributed by atoms with E-state index in [2.05, 4.69) is 10.4 Å². The Hall–Kier alpha value is -2.83. The van der Waals surface area contributed by atoms with Gasteiger partial charge in [0.1, 0.15) is 11.3 Å². The number of carbonyl (C=O) groups is 2. The second kappa shape index (κ2) is 5.87. The van der Waals surface area contributed by atoms with Gasteiger partial charge in [0, 0.05) is 37.1 Å². The van der Waals surface area contributed by atoms with Crippen LogP contribution in [-0.4, -0.2) is 31.9 Å². The summed E-state index contributed by atoms with van der Waals surface area (Å²) in [5.41, 5.74) is 0.137. The van der Waals surface area contributed by atoms with E-state index < -0.39 is 5.97 Å². The molecule has 1 aromatic carbocycles. The molecule has 1 amide bonds. The quantitative estimate of drug-likeness (QED) is 0.763. The number of hydrogen-bond acceptors (Lipinski definition) is 4. The maximum absolute atomic E-state index is 11.7. The minimum Gasteiger partial charge on any atom is -0.507 e. The number of benzene rings is 1. The number of anilines is 1. The Bertz CT molecular complexity index is 623. The monoisotopic (exact) mass is 275 g/mol. The van der Waals surface area contributed by atoms with Crippen molar-refractivity contribution < 1.29 is 19.8 Å². The predicted molar refractivity (Wildman–Crippen MR) is 70.5 cm³/mol. The zero-order chi connectivity index (χ0) is 14.5. The van der Waals surface area contributed by atoms with Crippen molar-refractivity contribution in [1.82, 2.24) is 9.78 Å². The molecule has 0 aliphatic heterocycles. The topological polar surface area (TPSA) is 104 Å².